The van der Waals surface area contributed by atoms with Gasteiger partial charge in [-0.3, -0.25) is 14.4 Å². The van der Waals surface area contributed by atoms with Crippen LogP contribution in [-0.4, -0.2) is 33.8 Å². The second-order valence-corrected chi connectivity index (χ2v) is 9.55. The van der Waals surface area contributed by atoms with E-state index in [1.165, 1.54) is 6.07 Å². The molecule has 2 aromatic heterocycles. The number of esters is 1. The van der Waals surface area contributed by atoms with E-state index < -0.39 is 23.3 Å². The van der Waals surface area contributed by atoms with Gasteiger partial charge >= 0.3 is 5.97 Å². The van der Waals surface area contributed by atoms with Crippen molar-refractivity contribution < 1.29 is 19.1 Å². The van der Waals surface area contributed by atoms with Crippen LogP contribution in [0.4, 0.5) is 11.4 Å². The van der Waals surface area contributed by atoms with E-state index in [1.807, 2.05) is 39.0 Å². The van der Waals surface area contributed by atoms with E-state index in [0.29, 0.717) is 35.7 Å². The van der Waals surface area contributed by atoms with Gasteiger partial charge in [-0.05, 0) is 68.7 Å². The highest BCUT2D eigenvalue weighted by atomic mass is 32.1. The monoisotopic (exact) mass is 518 g/mol. The van der Waals surface area contributed by atoms with Gasteiger partial charge < -0.3 is 15.4 Å². The Hall–Kier alpha value is -4.31. The normalized spacial score (nSPS) is 10.8. The topological polar surface area (TPSA) is 119 Å². The van der Waals surface area contributed by atoms with Crippen molar-refractivity contribution in [2.45, 2.75) is 34.1 Å². The van der Waals surface area contributed by atoms with Crippen LogP contribution in [0.3, 0.4) is 0 Å². The molecule has 0 spiro atoms. The lowest BCUT2D eigenvalue weighted by Crippen LogP contribution is -2.25. The largest absolute Gasteiger partial charge is 0.462 e. The third-order valence-corrected chi connectivity index (χ3v) is 6.57. The van der Waals surface area contributed by atoms with E-state index in [0.717, 1.165) is 26.9 Å². The summed E-state index contributed by atoms with van der Waals surface area (Å²) in [7, 11) is 0. The number of carbonyl (C=O) groups excluding carboxylic acids is 3. The average Bonchev–Trinajstić information content (AvgIpc) is 3.25. The summed E-state index contributed by atoms with van der Waals surface area (Å²) in [6.45, 7) is 7.65. The first-order valence-electron chi connectivity index (χ1n) is 11.7. The number of thiazole rings is 1. The molecule has 2 N–H and O–H groups in total. The molecule has 0 aliphatic heterocycles. The van der Waals surface area contributed by atoms with Gasteiger partial charge in [-0.25, -0.2) is 14.2 Å². The van der Waals surface area contributed by atoms with Gasteiger partial charge in [0.05, 0.1) is 12.2 Å². The Morgan fingerprint density at radius 3 is 2.41 bits per heavy atom. The zero-order chi connectivity index (χ0) is 26.7. The van der Waals surface area contributed by atoms with E-state index in [1.54, 1.807) is 31.2 Å². The number of nitrogens with one attached hydrogen (secondary N) is 2. The summed E-state index contributed by atoms with van der Waals surface area (Å²) < 4.78 is 6.27. The second kappa shape index (κ2) is 10.8. The van der Waals surface area contributed by atoms with Crippen LogP contribution in [0.2, 0.25) is 0 Å². The van der Waals surface area contributed by atoms with Gasteiger partial charge in [-0.1, -0.05) is 30.4 Å². The molecule has 0 saturated carbocycles. The molecular formula is C27H26N4O5S. The molecule has 2 heterocycles. The first-order valence-corrected chi connectivity index (χ1v) is 12.5. The summed E-state index contributed by atoms with van der Waals surface area (Å²) >= 11 is 0.948. The van der Waals surface area contributed by atoms with Crippen molar-refractivity contribution in [1.82, 2.24) is 9.38 Å². The maximum absolute atomic E-state index is 13.5. The minimum atomic E-state index is -0.605. The molecule has 0 aliphatic rings. The van der Waals surface area contributed by atoms with Crippen molar-refractivity contribution in [1.29, 1.82) is 0 Å². The van der Waals surface area contributed by atoms with Crippen molar-refractivity contribution in [3.8, 4) is 0 Å². The summed E-state index contributed by atoms with van der Waals surface area (Å²) in [6.07, 6.45) is 0.714. The van der Waals surface area contributed by atoms with Crippen LogP contribution < -0.4 is 16.2 Å². The van der Waals surface area contributed by atoms with Crippen molar-refractivity contribution in [2.75, 3.05) is 17.2 Å². The molecule has 4 aromatic rings. The van der Waals surface area contributed by atoms with Crippen molar-refractivity contribution >= 4 is 45.5 Å². The number of hydrogen-bond donors (Lipinski definition) is 2. The lowest BCUT2D eigenvalue weighted by Gasteiger charge is -2.11. The van der Waals surface area contributed by atoms with E-state index in [9.17, 15) is 19.2 Å². The Morgan fingerprint density at radius 2 is 1.70 bits per heavy atom. The fourth-order valence-corrected chi connectivity index (χ4v) is 4.72. The number of anilines is 2. The lowest BCUT2D eigenvalue weighted by molar-refractivity contribution is 0.0505. The van der Waals surface area contributed by atoms with Crippen LogP contribution in [-0.2, 0) is 4.74 Å². The van der Waals surface area contributed by atoms with Crippen LogP contribution in [0.5, 0.6) is 0 Å². The molecule has 37 heavy (non-hydrogen) atoms. The SMILES string of the molecule is CCCOC(=O)c1ccc(NC(=O)c2sc3nc(C)cc(=O)n3c2C(=O)Nc2cc(C)ccc2C)cc1. The first kappa shape index (κ1) is 25.8. The Kier molecular flexibility index (Phi) is 7.49. The summed E-state index contributed by atoms with van der Waals surface area (Å²) in [5, 5.41) is 5.57. The lowest BCUT2D eigenvalue weighted by atomic mass is 10.1. The molecule has 0 radical (unpaired) electrons. The minimum absolute atomic E-state index is 0.0319. The molecule has 0 atom stereocenters. The summed E-state index contributed by atoms with van der Waals surface area (Å²) in [5.41, 5.74) is 3.04. The van der Waals surface area contributed by atoms with Crippen molar-refractivity contribution in [2.24, 2.45) is 0 Å². The van der Waals surface area contributed by atoms with Gasteiger partial charge in [-0.15, -0.1) is 0 Å². The summed E-state index contributed by atoms with van der Waals surface area (Å²) in [4.78, 5) is 56.3. The summed E-state index contributed by atoms with van der Waals surface area (Å²) in [6, 6.07) is 13.2. The molecule has 9 nitrogen and oxygen atoms in total. The van der Waals surface area contributed by atoms with Crippen LogP contribution in [0.15, 0.2) is 53.3 Å². The highest BCUT2D eigenvalue weighted by Crippen LogP contribution is 2.25. The number of aromatic nitrogens is 2. The molecule has 0 bridgehead atoms. The van der Waals surface area contributed by atoms with Crippen molar-refractivity contribution in [3.63, 3.8) is 0 Å². The Labute approximate surface area is 217 Å². The van der Waals surface area contributed by atoms with Crippen molar-refractivity contribution in [3.05, 3.63) is 91.8 Å². The number of ether oxygens (including phenoxy) is 1. The maximum Gasteiger partial charge on any atom is 0.338 e. The standard InChI is InChI=1S/C27H26N4O5S/c1-5-12-36-26(35)18-8-10-19(11-9-18)29-25(34)23-22(31-21(32)14-17(4)28-27(31)37-23)24(33)30-20-13-15(2)6-7-16(20)3/h6-11,13-14H,5,12H2,1-4H3,(H,29,34)(H,30,33). The zero-order valence-electron chi connectivity index (χ0n) is 20.9. The third-order valence-electron chi connectivity index (χ3n) is 5.53. The molecule has 2 amide bonds. The van der Waals surface area contributed by atoms with Gasteiger partial charge in [0, 0.05) is 23.1 Å². The molecular weight excluding hydrogens is 492 g/mol. The molecule has 0 aliphatic carbocycles. The minimum Gasteiger partial charge on any atom is -0.462 e. The highest BCUT2D eigenvalue weighted by Gasteiger charge is 2.26. The zero-order valence-corrected chi connectivity index (χ0v) is 21.7. The predicted octanol–water partition coefficient (Wildman–Crippen LogP) is 4.75. The van der Waals surface area contributed by atoms with Gasteiger partial charge in [0.15, 0.2) is 4.96 Å². The third kappa shape index (κ3) is 5.59. The van der Waals surface area contributed by atoms with Gasteiger partial charge in [0.1, 0.15) is 10.6 Å². The predicted molar refractivity (Wildman–Crippen MR) is 143 cm³/mol. The van der Waals surface area contributed by atoms with Crippen LogP contribution >= 0.6 is 11.3 Å². The smallest absolute Gasteiger partial charge is 0.338 e. The quantitative estimate of drug-likeness (QED) is 0.341. The number of aryl methyl sites for hydroxylation is 3. The molecule has 2 aromatic carbocycles. The Balaban J connectivity index is 1.69. The fourth-order valence-electron chi connectivity index (χ4n) is 3.65. The number of amides is 2. The maximum atomic E-state index is 13.5. The highest BCUT2D eigenvalue weighted by molar-refractivity contribution is 7.19. The van der Waals surface area contributed by atoms with E-state index in [-0.39, 0.29) is 15.5 Å². The van der Waals surface area contributed by atoms with E-state index in [2.05, 4.69) is 15.6 Å². The van der Waals surface area contributed by atoms with Crippen LogP contribution in [0, 0.1) is 20.8 Å². The number of hydrogen-bond acceptors (Lipinski definition) is 7. The molecule has 0 unspecified atom stereocenters. The number of benzene rings is 2. The fraction of sp³-hybridized carbons (Fsp3) is 0.222. The van der Waals surface area contributed by atoms with E-state index >= 15 is 0 Å². The number of fused-ring (bicyclic) bond motifs is 1. The van der Waals surface area contributed by atoms with Gasteiger partial charge in [0.25, 0.3) is 17.4 Å². The number of carbonyl (C=O) groups is 3. The van der Waals surface area contributed by atoms with Crippen LogP contribution in [0.25, 0.3) is 4.96 Å². The summed E-state index contributed by atoms with van der Waals surface area (Å²) in [5.74, 6) is -1.64. The van der Waals surface area contributed by atoms with Gasteiger partial charge in [0.2, 0.25) is 0 Å². The molecule has 0 saturated heterocycles. The molecule has 0 fully saturated rings. The van der Waals surface area contributed by atoms with E-state index in [4.69, 9.17) is 4.74 Å². The number of nitrogens with zero attached hydrogens (tertiary/aromatic N) is 2. The van der Waals surface area contributed by atoms with Gasteiger partial charge in [-0.2, -0.15) is 0 Å². The number of rotatable bonds is 7. The Morgan fingerprint density at radius 1 is 0.973 bits per heavy atom. The molecule has 4 rings (SSSR count). The Bertz CT molecular complexity index is 1570. The second-order valence-electron chi connectivity index (χ2n) is 8.57. The molecule has 10 heteroatoms. The average molecular weight is 519 g/mol. The first-order chi connectivity index (χ1) is 17.7. The molecule has 190 valence electrons. The van der Waals surface area contributed by atoms with Crippen LogP contribution in [0.1, 0.15) is 60.7 Å².